The lowest BCUT2D eigenvalue weighted by Crippen LogP contribution is -2.38. The summed E-state index contributed by atoms with van der Waals surface area (Å²) in [5.41, 5.74) is 0. The van der Waals surface area contributed by atoms with Crippen molar-refractivity contribution in [2.45, 2.75) is 37.9 Å². The third kappa shape index (κ3) is 4.25. The van der Waals surface area contributed by atoms with Crippen molar-refractivity contribution in [1.29, 1.82) is 0 Å². The van der Waals surface area contributed by atoms with Crippen molar-refractivity contribution in [3.05, 3.63) is 17.9 Å². The van der Waals surface area contributed by atoms with E-state index < -0.39 is 10.0 Å². The van der Waals surface area contributed by atoms with E-state index >= 15 is 0 Å². The molecule has 1 N–H and O–H groups in total. The maximum atomic E-state index is 12.5. The molecule has 1 atom stereocenters. The summed E-state index contributed by atoms with van der Waals surface area (Å²) in [6.45, 7) is 5.33. The fourth-order valence-electron chi connectivity index (χ4n) is 1.85. The van der Waals surface area contributed by atoms with Crippen LogP contribution in [-0.4, -0.2) is 44.4 Å². The minimum absolute atomic E-state index is 0.0164. The Bertz CT molecular complexity index is 499. The van der Waals surface area contributed by atoms with Crippen molar-refractivity contribution in [2.24, 2.45) is 0 Å². The predicted octanol–water partition coefficient (Wildman–Crippen LogP) is 2.15. The Kier molecular flexibility index (Phi) is 7.08. The Morgan fingerprint density at radius 2 is 2.10 bits per heavy atom. The Morgan fingerprint density at radius 1 is 1.40 bits per heavy atom. The van der Waals surface area contributed by atoms with Crippen LogP contribution < -0.4 is 5.32 Å². The van der Waals surface area contributed by atoms with E-state index in [4.69, 9.17) is 4.42 Å². The Balaban J connectivity index is 2.89. The lowest BCUT2D eigenvalue weighted by Gasteiger charge is -2.24. The van der Waals surface area contributed by atoms with Gasteiger partial charge in [-0.25, -0.2) is 8.42 Å². The Hall–Kier alpha value is -0.500. The molecule has 5 nitrogen and oxygen atoms in total. The van der Waals surface area contributed by atoms with Crippen molar-refractivity contribution in [3.63, 3.8) is 0 Å². The second kappa shape index (κ2) is 8.07. The van der Waals surface area contributed by atoms with Crippen molar-refractivity contribution >= 4 is 21.8 Å². The molecule has 1 aromatic heterocycles. The lowest BCUT2D eigenvalue weighted by molar-refractivity contribution is 0.351. The summed E-state index contributed by atoms with van der Waals surface area (Å²) in [7, 11) is -1.93. The molecule has 0 aromatic carbocycles. The van der Waals surface area contributed by atoms with Crippen molar-refractivity contribution in [3.8, 4) is 0 Å². The Labute approximate surface area is 126 Å². The number of sulfonamides is 1. The van der Waals surface area contributed by atoms with Gasteiger partial charge in [0.2, 0.25) is 5.09 Å². The van der Waals surface area contributed by atoms with Crippen molar-refractivity contribution in [1.82, 2.24) is 9.62 Å². The summed E-state index contributed by atoms with van der Waals surface area (Å²) < 4.78 is 31.9. The minimum atomic E-state index is -3.55. The first-order valence-electron chi connectivity index (χ1n) is 6.73. The highest BCUT2D eigenvalue weighted by molar-refractivity contribution is 7.98. The number of hydrogen-bond acceptors (Lipinski definition) is 5. The summed E-state index contributed by atoms with van der Waals surface area (Å²) in [5, 5.41) is 3.13. The summed E-state index contributed by atoms with van der Waals surface area (Å²) in [5.74, 6) is 1.41. The molecule has 0 radical (unpaired) electrons. The monoisotopic (exact) mass is 320 g/mol. The summed E-state index contributed by atoms with van der Waals surface area (Å²) in [6.07, 6.45) is 2.76. The molecule has 0 saturated carbocycles. The van der Waals surface area contributed by atoms with E-state index in [0.717, 1.165) is 18.7 Å². The zero-order valence-electron chi connectivity index (χ0n) is 12.5. The van der Waals surface area contributed by atoms with Crippen LogP contribution in [-0.2, 0) is 16.6 Å². The topological polar surface area (TPSA) is 62.6 Å². The molecule has 0 spiro atoms. The third-order valence-corrected chi connectivity index (χ3v) is 5.67. The molecular weight excluding hydrogens is 296 g/mol. The van der Waals surface area contributed by atoms with Gasteiger partial charge in [0.15, 0.2) is 0 Å². The van der Waals surface area contributed by atoms with Gasteiger partial charge in [0.25, 0.3) is 10.0 Å². The van der Waals surface area contributed by atoms with Crippen LogP contribution >= 0.6 is 11.8 Å². The first-order chi connectivity index (χ1) is 9.47. The highest BCUT2D eigenvalue weighted by atomic mass is 32.2. The van der Waals surface area contributed by atoms with E-state index in [-0.39, 0.29) is 11.1 Å². The standard InChI is InChI=1S/C13H24N2O3S2/c1-5-11(10-19-4)15(3)20(16,17)13-8-7-12(18-13)9-14-6-2/h7-8,11,14H,5-6,9-10H2,1-4H3. The van der Waals surface area contributed by atoms with Gasteiger partial charge in [-0.1, -0.05) is 13.8 Å². The van der Waals surface area contributed by atoms with Gasteiger partial charge in [-0.3, -0.25) is 0 Å². The highest BCUT2D eigenvalue weighted by Crippen LogP contribution is 2.21. The maximum absolute atomic E-state index is 12.5. The molecule has 0 bridgehead atoms. The molecule has 7 heteroatoms. The Morgan fingerprint density at radius 3 is 2.65 bits per heavy atom. The van der Waals surface area contributed by atoms with Gasteiger partial charge in [-0.2, -0.15) is 16.1 Å². The van der Waals surface area contributed by atoms with Crippen LogP contribution in [0.4, 0.5) is 0 Å². The minimum Gasteiger partial charge on any atom is -0.447 e. The largest absolute Gasteiger partial charge is 0.447 e. The molecule has 20 heavy (non-hydrogen) atoms. The number of rotatable bonds is 9. The van der Waals surface area contributed by atoms with Crippen LogP contribution in [0.3, 0.4) is 0 Å². The molecule has 116 valence electrons. The van der Waals surface area contributed by atoms with Gasteiger partial charge in [0.1, 0.15) is 5.76 Å². The van der Waals surface area contributed by atoms with Gasteiger partial charge in [0.05, 0.1) is 6.54 Å². The zero-order chi connectivity index (χ0) is 15.2. The van der Waals surface area contributed by atoms with E-state index in [9.17, 15) is 8.42 Å². The molecule has 1 aromatic rings. The second-order valence-electron chi connectivity index (χ2n) is 4.54. The van der Waals surface area contributed by atoms with Crippen LogP contribution in [0.1, 0.15) is 26.0 Å². The molecule has 0 saturated heterocycles. The second-order valence-corrected chi connectivity index (χ2v) is 7.38. The fraction of sp³-hybridized carbons (Fsp3) is 0.692. The first kappa shape index (κ1) is 17.6. The third-order valence-electron chi connectivity index (χ3n) is 3.16. The van der Waals surface area contributed by atoms with Crippen LogP contribution in [0.15, 0.2) is 21.6 Å². The number of nitrogens with zero attached hydrogens (tertiary/aromatic N) is 1. The smallest absolute Gasteiger partial charge is 0.276 e. The molecule has 0 fully saturated rings. The molecule has 1 rings (SSSR count). The molecule has 1 heterocycles. The number of nitrogens with one attached hydrogen (secondary N) is 1. The number of thioether (sulfide) groups is 1. The van der Waals surface area contributed by atoms with Crippen LogP contribution in [0.5, 0.6) is 0 Å². The first-order valence-corrected chi connectivity index (χ1v) is 9.57. The quantitative estimate of drug-likeness (QED) is 0.755. The van der Waals surface area contributed by atoms with E-state index in [2.05, 4.69) is 5.32 Å². The van der Waals surface area contributed by atoms with E-state index in [1.807, 2.05) is 20.1 Å². The summed E-state index contributed by atoms with van der Waals surface area (Å²) in [6, 6.07) is 3.22. The van der Waals surface area contributed by atoms with E-state index in [0.29, 0.717) is 12.3 Å². The summed E-state index contributed by atoms with van der Waals surface area (Å²) >= 11 is 1.64. The van der Waals surface area contributed by atoms with Crippen LogP contribution in [0.25, 0.3) is 0 Å². The van der Waals surface area contributed by atoms with Crippen molar-refractivity contribution < 1.29 is 12.8 Å². The van der Waals surface area contributed by atoms with Gasteiger partial charge in [-0.05, 0) is 31.4 Å². The van der Waals surface area contributed by atoms with E-state index in [1.165, 1.54) is 10.4 Å². The highest BCUT2D eigenvalue weighted by Gasteiger charge is 2.29. The van der Waals surface area contributed by atoms with Crippen LogP contribution in [0.2, 0.25) is 0 Å². The van der Waals surface area contributed by atoms with Crippen molar-refractivity contribution in [2.75, 3.05) is 25.6 Å². The zero-order valence-corrected chi connectivity index (χ0v) is 14.2. The molecule has 0 amide bonds. The van der Waals surface area contributed by atoms with Gasteiger partial charge < -0.3 is 9.73 Å². The average molecular weight is 320 g/mol. The number of hydrogen-bond donors (Lipinski definition) is 1. The van der Waals surface area contributed by atoms with Crippen LogP contribution in [0, 0.1) is 0 Å². The fourth-order valence-corrected chi connectivity index (χ4v) is 4.14. The SMILES string of the molecule is CCNCc1ccc(S(=O)(=O)N(C)C(CC)CSC)o1. The molecule has 1 unspecified atom stereocenters. The maximum Gasteiger partial charge on any atom is 0.276 e. The normalized spacial score (nSPS) is 13.8. The summed E-state index contributed by atoms with van der Waals surface area (Å²) in [4.78, 5) is 0. The van der Waals surface area contributed by atoms with E-state index in [1.54, 1.807) is 24.9 Å². The molecule has 0 aliphatic heterocycles. The number of furan rings is 1. The van der Waals surface area contributed by atoms with Gasteiger partial charge in [-0.15, -0.1) is 0 Å². The lowest BCUT2D eigenvalue weighted by atomic mass is 10.3. The molecule has 0 aliphatic carbocycles. The molecular formula is C13H24N2O3S2. The molecule has 0 aliphatic rings. The van der Waals surface area contributed by atoms with Gasteiger partial charge in [0, 0.05) is 18.8 Å². The average Bonchev–Trinajstić information content (AvgIpc) is 2.91. The predicted molar refractivity (Wildman–Crippen MR) is 83.5 cm³/mol. The van der Waals surface area contributed by atoms with Gasteiger partial charge >= 0.3 is 0 Å².